The number of benzene rings is 1. The van der Waals surface area contributed by atoms with Crippen LogP contribution in [-0.4, -0.2) is 35.4 Å². The molecule has 4 rings (SSSR count). The number of pyridine rings is 1. The van der Waals surface area contributed by atoms with Gasteiger partial charge in [0.2, 0.25) is 0 Å². The van der Waals surface area contributed by atoms with Crippen molar-refractivity contribution in [2.45, 2.75) is 38.6 Å². The number of para-hydroxylation sites is 1. The summed E-state index contributed by atoms with van der Waals surface area (Å²) in [6, 6.07) is 13.7. The highest BCUT2D eigenvalue weighted by atomic mass is 16.3. The molecule has 1 aliphatic heterocycles. The summed E-state index contributed by atoms with van der Waals surface area (Å²) in [4.78, 5) is 20.2. The molecule has 0 radical (unpaired) electrons. The molecule has 0 saturated carbocycles. The maximum absolute atomic E-state index is 13.1. The number of carbonyl (C=O) groups excluding carboxylic acids is 1. The first kappa shape index (κ1) is 18.7. The van der Waals surface area contributed by atoms with Crippen molar-refractivity contribution in [2.24, 2.45) is 0 Å². The highest BCUT2D eigenvalue weighted by Crippen LogP contribution is 2.26. The normalized spacial score (nSPS) is 16.0. The number of carbonyl (C=O) groups is 1. The maximum Gasteiger partial charge on any atom is 0.252 e. The van der Waals surface area contributed by atoms with Crippen molar-refractivity contribution in [3.63, 3.8) is 0 Å². The Balaban J connectivity index is 1.59. The average Bonchev–Trinajstić information content (AvgIpc) is 3.42. The third kappa shape index (κ3) is 3.80. The molecule has 0 spiro atoms. The number of nitrogens with zero attached hydrogens (tertiary/aromatic N) is 2. The van der Waals surface area contributed by atoms with Crippen LogP contribution < -0.4 is 5.32 Å². The molecular formula is C23H27N3O2. The van der Waals surface area contributed by atoms with Crippen LogP contribution in [-0.2, 0) is 0 Å². The first-order valence-electron chi connectivity index (χ1n) is 10.1. The van der Waals surface area contributed by atoms with Gasteiger partial charge in [0.25, 0.3) is 5.91 Å². The van der Waals surface area contributed by atoms with Crippen LogP contribution in [0.5, 0.6) is 0 Å². The van der Waals surface area contributed by atoms with Crippen molar-refractivity contribution in [1.82, 2.24) is 15.2 Å². The summed E-state index contributed by atoms with van der Waals surface area (Å²) in [6.45, 7) is 6.80. The number of hydrogen-bond donors (Lipinski definition) is 1. The van der Waals surface area contributed by atoms with Gasteiger partial charge in [-0.15, -0.1) is 0 Å². The lowest BCUT2D eigenvalue weighted by Gasteiger charge is -2.26. The van der Waals surface area contributed by atoms with E-state index in [4.69, 9.17) is 9.40 Å². The second-order valence-electron chi connectivity index (χ2n) is 7.75. The van der Waals surface area contributed by atoms with Gasteiger partial charge >= 0.3 is 0 Å². The number of fused-ring (bicyclic) bond motifs is 1. The molecule has 5 heteroatoms. The number of amides is 1. The van der Waals surface area contributed by atoms with Crippen molar-refractivity contribution in [3.05, 3.63) is 65.7 Å². The van der Waals surface area contributed by atoms with Crippen LogP contribution in [0.2, 0.25) is 0 Å². The predicted molar refractivity (Wildman–Crippen MR) is 110 cm³/mol. The molecule has 146 valence electrons. The van der Waals surface area contributed by atoms with E-state index in [2.05, 4.69) is 24.1 Å². The smallest absolute Gasteiger partial charge is 0.252 e. The van der Waals surface area contributed by atoms with Crippen LogP contribution in [0, 0.1) is 0 Å². The third-order valence-electron chi connectivity index (χ3n) is 5.48. The number of hydrogen-bond acceptors (Lipinski definition) is 4. The monoisotopic (exact) mass is 377 g/mol. The van der Waals surface area contributed by atoms with Crippen LogP contribution >= 0.6 is 0 Å². The van der Waals surface area contributed by atoms with Gasteiger partial charge in [-0.05, 0) is 56.1 Å². The fourth-order valence-electron chi connectivity index (χ4n) is 3.91. The zero-order valence-corrected chi connectivity index (χ0v) is 16.5. The summed E-state index contributed by atoms with van der Waals surface area (Å²) in [5.41, 5.74) is 2.49. The van der Waals surface area contributed by atoms with E-state index in [0.29, 0.717) is 12.1 Å². The van der Waals surface area contributed by atoms with Gasteiger partial charge in [-0.2, -0.15) is 0 Å². The van der Waals surface area contributed by atoms with E-state index in [9.17, 15) is 4.79 Å². The maximum atomic E-state index is 13.1. The number of rotatable bonds is 6. The van der Waals surface area contributed by atoms with Crippen LogP contribution in [0.1, 0.15) is 60.5 Å². The minimum absolute atomic E-state index is 0.0590. The Bertz CT molecular complexity index is 944. The highest BCUT2D eigenvalue weighted by Gasteiger charge is 2.26. The van der Waals surface area contributed by atoms with Crippen molar-refractivity contribution < 1.29 is 9.21 Å². The Hall–Kier alpha value is -2.66. The largest absolute Gasteiger partial charge is 0.468 e. The molecule has 1 N–H and O–H groups in total. The van der Waals surface area contributed by atoms with Crippen LogP contribution in [0.15, 0.2) is 53.1 Å². The Morgan fingerprint density at radius 3 is 2.68 bits per heavy atom. The predicted octanol–water partition coefficient (Wildman–Crippen LogP) is 4.52. The topological polar surface area (TPSA) is 58.4 Å². The van der Waals surface area contributed by atoms with Crippen molar-refractivity contribution in [3.8, 4) is 0 Å². The summed E-state index contributed by atoms with van der Waals surface area (Å²) < 4.78 is 5.66. The molecule has 1 saturated heterocycles. The fourth-order valence-corrected chi connectivity index (χ4v) is 3.91. The first-order valence-corrected chi connectivity index (χ1v) is 10.1. The molecule has 0 bridgehead atoms. The number of furan rings is 1. The molecule has 28 heavy (non-hydrogen) atoms. The van der Waals surface area contributed by atoms with E-state index in [1.54, 1.807) is 6.26 Å². The molecule has 1 aromatic carbocycles. The van der Waals surface area contributed by atoms with Gasteiger partial charge in [0, 0.05) is 17.6 Å². The summed E-state index contributed by atoms with van der Waals surface area (Å²) >= 11 is 0. The molecule has 1 aliphatic rings. The van der Waals surface area contributed by atoms with Gasteiger partial charge in [0.15, 0.2) is 0 Å². The number of nitrogens with one attached hydrogen (secondary N) is 1. The Morgan fingerprint density at radius 1 is 1.18 bits per heavy atom. The molecule has 3 heterocycles. The van der Waals surface area contributed by atoms with Gasteiger partial charge in [-0.3, -0.25) is 14.7 Å². The van der Waals surface area contributed by atoms with Crippen molar-refractivity contribution >= 4 is 16.8 Å². The number of likely N-dealkylation sites (tertiary alicyclic amines) is 1. The zero-order valence-electron chi connectivity index (χ0n) is 16.5. The number of aromatic nitrogens is 1. The Labute approximate surface area is 165 Å². The molecule has 0 aliphatic carbocycles. The van der Waals surface area contributed by atoms with Gasteiger partial charge in [0.1, 0.15) is 5.76 Å². The van der Waals surface area contributed by atoms with Crippen LogP contribution in [0.3, 0.4) is 0 Å². The van der Waals surface area contributed by atoms with E-state index in [1.807, 2.05) is 42.5 Å². The van der Waals surface area contributed by atoms with Crippen LogP contribution in [0.4, 0.5) is 0 Å². The molecule has 1 atom stereocenters. The third-order valence-corrected chi connectivity index (χ3v) is 5.48. The van der Waals surface area contributed by atoms with Gasteiger partial charge in [0.05, 0.1) is 23.4 Å². The molecule has 0 unspecified atom stereocenters. The van der Waals surface area contributed by atoms with Gasteiger partial charge < -0.3 is 9.73 Å². The van der Waals surface area contributed by atoms with Crippen LogP contribution in [0.25, 0.3) is 10.9 Å². The highest BCUT2D eigenvalue weighted by molar-refractivity contribution is 6.06. The average molecular weight is 377 g/mol. The quantitative estimate of drug-likeness (QED) is 0.686. The standard InChI is InChI=1S/C23H27N3O2/c1-16(2)20-14-18(17-8-3-4-9-19(17)25-20)23(27)24-15-21(22-10-7-13-28-22)26-11-5-6-12-26/h3-4,7-10,13-14,16,21H,5-6,11-12,15H2,1-2H3,(H,24,27)/t21-/m1/s1. The summed E-state index contributed by atoms with van der Waals surface area (Å²) in [5.74, 6) is 1.11. The molecule has 1 amide bonds. The Morgan fingerprint density at radius 2 is 1.96 bits per heavy atom. The second-order valence-corrected chi connectivity index (χ2v) is 7.75. The SMILES string of the molecule is CC(C)c1cc(C(=O)NC[C@H](c2ccco2)N2CCCC2)c2ccccc2n1. The van der Waals surface area contributed by atoms with E-state index in [1.165, 1.54) is 12.8 Å². The van der Waals surface area contributed by atoms with E-state index >= 15 is 0 Å². The molecule has 3 aromatic rings. The minimum Gasteiger partial charge on any atom is -0.468 e. The lowest BCUT2D eigenvalue weighted by Crippen LogP contribution is -2.36. The summed E-state index contributed by atoms with van der Waals surface area (Å²) in [5, 5.41) is 4.04. The van der Waals surface area contributed by atoms with Gasteiger partial charge in [-0.1, -0.05) is 32.0 Å². The second kappa shape index (κ2) is 8.15. The molecular weight excluding hydrogens is 350 g/mol. The Kier molecular flexibility index (Phi) is 5.44. The lowest BCUT2D eigenvalue weighted by molar-refractivity contribution is 0.0935. The van der Waals surface area contributed by atoms with Crippen molar-refractivity contribution in [1.29, 1.82) is 0 Å². The zero-order chi connectivity index (χ0) is 19.5. The van der Waals surface area contributed by atoms with Crippen molar-refractivity contribution in [2.75, 3.05) is 19.6 Å². The fraction of sp³-hybridized carbons (Fsp3) is 0.391. The van der Waals surface area contributed by atoms with Gasteiger partial charge in [-0.25, -0.2) is 0 Å². The molecule has 2 aromatic heterocycles. The lowest BCUT2D eigenvalue weighted by atomic mass is 10.0. The van der Waals surface area contributed by atoms with E-state index in [0.717, 1.165) is 35.4 Å². The summed E-state index contributed by atoms with van der Waals surface area (Å²) in [6.07, 6.45) is 4.08. The first-order chi connectivity index (χ1) is 13.6. The molecule has 1 fully saturated rings. The molecule has 5 nitrogen and oxygen atoms in total. The summed E-state index contributed by atoms with van der Waals surface area (Å²) in [7, 11) is 0. The minimum atomic E-state index is -0.0590. The van der Waals surface area contributed by atoms with E-state index < -0.39 is 0 Å². The van der Waals surface area contributed by atoms with E-state index in [-0.39, 0.29) is 17.9 Å².